The molecule has 0 saturated heterocycles. The monoisotopic (exact) mass is 320 g/mol. The predicted molar refractivity (Wildman–Crippen MR) is 75.4 cm³/mol. The van der Waals surface area contributed by atoms with E-state index in [-0.39, 0.29) is 22.9 Å². The Kier molecular flexibility index (Phi) is 2.63. The van der Waals surface area contributed by atoms with Crippen molar-refractivity contribution in [2.75, 3.05) is 0 Å². The van der Waals surface area contributed by atoms with Gasteiger partial charge in [0.1, 0.15) is 23.2 Å². The van der Waals surface area contributed by atoms with Crippen molar-refractivity contribution in [3.63, 3.8) is 0 Å². The fourth-order valence-electron chi connectivity index (χ4n) is 2.39. The Bertz CT molecular complexity index is 907. The van der Waals surface area contributed by atoms with E-state index in [4.69, 9.17) is 27.9 Å². The molecule has 0 fully saturated rings. The summed E-state index contributed by atoms with van der Waals surface area (Å²) in [6.45, 7) is 0.187. The van der Waals surface area contributed by atoms with Gasteiger partial charge in [-0.1, -0.05) is 35.3 Å². The minimum Gasteiger partial charge on any atom is -0.457 e. The van der Waals surface area contributed by atoms with E-state index >= 15 is 0 Å². The van der Waals surface area contributed by atoms with Gasteiger partial charge in [0.25, 0.3) is 5.78 Å². The van der Waals surface area contributed by atoms with Crippen LogP contribution >= 0.6 is 23.2 Å². The molecule has 1 aromatic carbocycles. The summed E-state index contributed by atoms with van der Waals surface area (Å²) in [6, 6.07) is 5.27. The lowest BCUT2D eigenvalue weighted by Crippen LogP contribution is -2.00. The molecule has 4 rings (SSSR count). The molecule has 3 aromatic rings. The molecule has 2 aromatic heterocycles. The summed E-state index contributed by atoms with van der Waals surface area (Å²) < 4.78 is 6.45. The zero-order valence-electron chi connectivity index (χ0n) is 10.4. The van der Waals surface area contributed by atoms with Crippen LogP contribution in [-0.2, 0) is 11.3 Å². The smallest absolute Gasteiger partial charge is 0.338 e. The van der Waals surface area contributed by atoms with Gasteiger partial charge in [-0.2, -0.15) is 19.6 Å². The van der Waals surface area contributed by atoms with Crippen LogP contribution in [0.25, 0.3) is 16.9 Å². The van der Waals surface area contributed by atoms with Gasteiger partial charge in [0, 0.05) is 5.56 Å². The zero-order chi connectivity index (χ0) is 14.6. The summed E-state index contributed by atoms with van der Waals surface area (Å²) >= 11 is 12.6. The van der Waals surface area contributed by atoms with E-state index in [1.165, 1.54) is 10.8 Å². The number of nitrogens with zero attached hydrogens (tertiary/aromatic N) is 4. The van der Waals surface area contributed by atoms with Crippen LogP contribution in [0.5, 0.6) is 0 Å². The standard InChI is InChI=1S/C13H6Cl2N4O2/c14-10-9(11(15)19-13(18-10)16-5-17-19)6-2-1-3-7-8(6)4-21-12(7)20/h1-3,5H,4H2. The van der Waals surface area contributed by atoms with Crippen LogP contribution < -0.4 is 0 Å². The first kappa shape index (κ1) is 12.6. The van der Waals surface area contributed by atoms with Gasteiger partial charge >= 0.3 is 5.97 Å². The summed E-state index contributed by atoms with van der Waals surface area (Å²) in [5.74, 6) is -0.0393. The maximum absolute atomic E-state index is 11.7. The van der Waals surface area contributed by atoms with Crippen molar-refractivity contribution in [1.29, 1.82) is 0 Å². The first-order valence-electron chi connectivity index (χ1n) is 6.01. The third-order valence-electron chi connectivity index (χ3n) is 3.34. The van der Waals surface area contributed by atoms with E-state index < -0.39 is 0 Å². The number of ether oxygens (including phenoxy) is 1. The number of hydrogen-bond donors (Lipinski definition) is 0. The van der Waals surface area contributed by atoms with Crippen molar-refractivity contribution < 1.29 is 9.53 Å². The summed E-state index contributed by atoms with van der Waals surface area (Å²) in [5, 5.41) is 4.50. The highest BCUT2D eigenvalue weighted by Crippen LogP contribution is 2.38. The number of fused-ring (bicyclic) bond motifs is 2. The van der Waals surface area contributed by atoms with Gasteiger partial charge in [0.15, 0.2) is 0 Å². The summed E-state index contributed by atoms with van der Waals surface area (Å²) in [5.41, 5.74) is 2.47. The lowest BCUT2D eigenvalue weighted by atomic mass is 9.99. The summed E-state index contributed by atoms with van der Waals surface area (Å²) in [7, 11) is 0. The van der Waals surface area contributed by atoms with Gasteiger partial charge in [-0.3, -0.25) is 0 Å². The Morgan fingerprint density at radius 3 is 2.90 bits per heavy atom. The minimum atomic E-state index is -0.353. The molecule has 0 bridgehead atoms. The van der Waals surface area contributed by atoms with Crippen LogP contribution in [-0.4, -0.2) is 25.6 Å². The molecule has 8 heteroatoms. The van der Waals surface area contributed by atoms with Crippen molar-refractivity contribution in [2.24, 2.45) is 0 Å². The minimum absolute atomic E-state index is 0.187. The molecule has 0 spiro atoms. The molecule has 0 atom stereocenters. The third-order valence-corrected chi connectivity index (χ3v) is 3.96. The van der Waals surface area contributed by atoms with Crippen molar-refractivity contribution in [3.05, 3.63) is 46.0 Å². The second-order valence-electron chi connectivity index (χ2n) is 4.45. The quantitative estimate of drug-likeness (QED) is 0.509. The van der Waals surface area contributed by atoms with Crippen LogP contribution in [0.4, 0.5) is 0 Å². The molecule has 3 heterocycles. The van der Waals surface area contributed by atoms with Crippen molar-refractivity contribution in [2.45, 2.75) is 6.61 Å². The molecular weight excluding hydrogens is 315 g/mol. The number of carbonyl (C=O) groups excluding carboxylic acids is 1. The second kappa shape index (κ2) is 4.41. The highest BCUT2D eigenvalue weighted by atomic mass is 35.5. The molecule has 0 radical (unpaired) electrons. The van der Waals surface area contributed by atoms with E-state index in [0.717, 1.165) is 5.56 Å². The van der Waals surface area contributed by atoms with Crippen LogP contribution in [0.1, 0.15) is 15.9 Å². The van der Waals surface area contributed by atoms with Gasteiger partial charge in [-0.25, -0.2) is 4.79 Å². The molecule has 0 amide bonds. The normalized spacial score (nSPS) is 13.5. The zero-order valence-corrected chi connectivity index (χ0v) is 11.9. The molecule has 21 heavy (non-hydrogen) atoms. The highest BCUT2D eigenvalue weighted by Gasteiger charge is 2.27. The average Bonchev–Trinajstić information content (AvgIpc) is 3.07. The molecular formula is C13H6Cl2N4O2. The number of rotatable bonds is 1. The van der Waals surface area contributed by atoms with Gasteiger partial charge in [-0.05, 0) is 11.6 Å². The topological polar surface area (TPSA) is 69.4 Å². The second-order valence-corrected chi connectivity index (χ2v) is 5.16. The van der Waals surface area contributed by atoms with Crippen LogP contribution in [0.3, 0.4) is 0 Å². The third kappa shape index (κ3) is 1.73. The van der Waals surface area contributed by atoms with Gasteiger partial charge < -0.3 is 4.74 Å². The maximum Gasteiger partial charge on any atom is 0.338 e. The van der Waals surface area contributed by atoms with Crippen molar-refractivity contribution in [3.8, 4) is 11.1 Å². The van der Waals surface area contributed by atoms with E-state index in [1.807, 2.05) is 6.07 Å². The first-order chi connectivity index (χ1) is 10.2. The molecule has 1 aliphatic heterocycles. The van der Waals surface area contributed by atoms with Crippen LogP contribution in [0, 0.1) is 0 Å². The molecule has 104 valence electrons. The van der Waals surface area contributed by atoms with E-state index in [9.17, 15) is 4.79 Å². The highest BCUT2D eigenvalue weighted by molar-refractivity contribution is 6.38. The Balaban J connectivity index is 2.06. The fourth-order valence-corrected chi connectivity index (χ4v) is 3.02. The number of aromatic nitrogens is 4. The predicted octanol–water partition coefficient (Wildman–Crippen LogP) is 2.77. The van der Waals surface area contributed by atoms with E-state index in [1.54, 1.807) is 12.1 Å². The van der Waals surface area contributed by atoms with E-state index in [2.05, 4.69) is 15.1 Å². The lowest BCUT2D eigenvalue weighted by molar-refractivity contribution is 0.0535. The number of halogens is 2. The lowest BCUT2D eigenvalue weighted by Gasteiger charge is -2.10. The fraction of sp³-hybridized carbons (Fsp3) is 0.0769. The molecule has 0 unspecified atom stereocenters. The van der Waals surface area contributed by atoms with E-state index in [0.29, 0.717) is 22.5 Å². The Morgan fingerprint density at radius 2 is 2.05 bits per heavy atom. The van der Waals surface area contributed by atoms with Crippen molar-refractivity contribution in [1.82, 2.24) is 19.6 Å². The van der Waals surface area contributed by atoms with Crippen molar-refractivity contribution >= 4 is 34.9 Å². The largest absolute Gasteiger partial charge is 0.457 e. The Hall–Kier alpha value is -2.18. The maximum atomic E-state index is 11.7. The average molecular weight is 321 g/mol. The molecule has 1 aliphatic rings. The Labute approximate surface area is 128 Å². The first-order valence-corrected chi connectivity index (χ1v) is 6.76. The molecule has 0 N–H and O–H groups in total. The Morgan fingerprint density at radius 1 is 1.24 bits per heavy atom. The number of benzene rings is 1. The number of cyclic esters (lactones) is 1. The van der Waals surface area contributed by atoms with Gasteiger partial charge in [-0.15, -0.1) is 0 Å². The number of carbonyl (C=O) groups is 1. The number of esters is 1. The molecule has 0 aliphatic carbocycles. The van der Waals surface area contributed by atoms with Crippen LogP contribution in [0.2, 0.25) is 10.3 Å². The molecule has 0 saturated carbocycles. The van der Waals surface area contributed by atoms with Gasteiger partial charge in [0.2, 0.25) is 0 Å². The number of hydrogen-bond acceptors (Lipinski definition) is 5. The summed E-state index contributed by atoms with van der Waals surface area (Å²) in [4.78, 5) is 19.8. The van der Waals surface area contributed by atoms with Crippen LogP contribution in [0.15, 0.2) is 24.5 Å². The van der Waals surface area contributed by atoms with Gasteiger partial charge in [0.05, 0.1) is 11.1 Å². The SMILES string of the molecule is O=C1OCc2c1cccc2-c1c(Cl)nc2ncnn2c1Cl. The molecule has 6 nitrogen and oxygen atoms in total. The summed E-state index contributed by atoms with van der Waals surface area (Å²) in [6.07, 6.45) is 1.34.